The Kier molecular flexibility index (Phi) is 3.63. The molecule has 5 nitrogen and oxygen atoms in total. The van der Waals surface area contributed by atoms with Crippen LogP contribution in [-0.4, -0.2) is 28.9 Å². The Morgan fingerprint density at radius 2 is 2.09 bits per heavy atom. The fraction of sp³-hybridized carbons (Fsp3) is 0.438. The zero-order chi connectivity index (χ0) is 15.9. The van der Waals surface area contributed by atoms with Crippen LogP contribution < -0.4 is 9.64 Å². The number of ether oxygens (including phenoxy) is 1. The molecule has 2 aliphatic rings. The molecule has 7 heteroatoms. The third kappa shape index (κ3) is 2.64. The Labute approximate surface area is 143 Å². The molecule has 23 heavy (non-hydrogen) atoms. The maximum absolute atomic E-state index is 8.87. The van der Waals surface area contributed by atoms with Gasteiger partial charge < -0.3 is 9.64 Å². The largest absolute Gasteiger partial charge is 0.487 e. The van der Waals surface area contributed by atoms with Crippen LogP contribution >= 0.6 is 22.9 Å². The maximum Gasteiger partial charge on any atom is 0.219 e. The van der Waals surface area contributed by atoms with Gasteiger partial charge in [-0.05, 0) is 25.0 Å². The van der Waals surface area contributed by atoms with Gasteiger partial charge in [-0.2, -0.15) is 5.26 Å². The Bertz CT molecular complexity index is 777. The minimum atomic E-state index is -0.100. The lowest BCUT2D eigenvalue weighted by Crippen LogP contribution is -2.49. The van der Waals surface area contributed by atoms with Gasteiger partial charge in [-0.15, -0.1) is 10.2 Å². The lowest BCUT2D eigenvalue weighted by Gasteiger charge is -2.44. The van der Waals surface area contributed by atoms with E-state index in [1.165, 1.54) is 11.3 Å². The van der Waals surface area contributed by atoms with Crippen LogP contribution in [0.2, 0.25) is 5.02 Å². The van der Waals surface area contributed by atoms with E-state index >= 15 is 0 Å². The zero-order valence-electron chi connectivity index (χ0n) is 12.5. The topological polar surface area (TPSA) is 62.0 Å². The van der Waals surface area contributed by atoms with Crippen LogP contribution in [0.25, 0.3) is 0 Å². The first-order valence-corrected chi connectivity index (χ1v) is 8.84. The molecule has 1 spiro atoms. The Morgan fingerprint density at radius 1 is 1.26 bits per heavy atom. The van der Waals surface area contributed by atoms with E-state index in [2.05, 4.69) is 15.1 Å². The maximum atomic E-state index is 8.87. The molecule has 3 heterocycles. The smallest absolute Gasteiger partial charge is 0.219 e. The first-order valence-electron chi connectivity index (χ1n) is 7.64. The second kappa shape index (κ2) is 5.66. The van der Waals surface area contributed by atoms with E-state index in [-0.39, 0.29) is 5.60 Å². The van der Waals surface area contributed by atoms with Crippen molar-refractivity contribution in [3.63, 3.8) is 0 Å². The summed E-state index contributed by atoms with van der Waals surface area (Å²) in [5, 5.41) is 18.9. The average molecular weight is 347 g/mol. The summed E-state index contributed by atoms with van der Waals surface area (Å²) in [6.07, 6.45) is 3.85. The molecule has 0 amide bonds. The minimum Gasteiger partial charge on any atom is -0.487 e. The average Bonchev–Trinajstić information content (AvgIpc) is 3.05. The molecule has 1 aromatic carbocycles. The molecular weight excluding hydrogens is 332 g/mol. The SMILES string of the molecule is N#Cc1nnc(N2CCC3(CCc4c(Cl)cccc4O3)CC2)s1. The summed E-state index contributed by atoms with van der Waals surface area (Å²) >= 11 is 7.61. The van der Waals surface area contributed by atoms with Crippen molar-refractivity contribution >= 4 is 28.1 Å². The highest BCUT2D eigenvalue weighted by molar-refractivity contribution is 7.15. The van der Waals surface area contributed by atoms with Crippen LogP contribution in [0.15, 0.2) is 18.2 Å². The van der Waals surface area contributed by atoms with Crippen LogP contribution in [0.4, 0.5) is 5.13 Å². The van der Waals surface area contributed by atoms with Gasteiger partial charge in [0.1, 0.15) is 17.4 Å². The van der Waals surface area contributed by atoms with Gasteiger partial charge in [0.05, 0.1) is 0 Å². The molecule has 1 aromatic heterocycles. The number of anilines is 1. The van der Waals surface area contributed by atoms with E-state index in [4.69, 9.17) is 21.6 Å². The molecule has 118 valence electrons. The zero-order valence-corrected chi connectivity index (χ0v) is 14.0. The first kappa shape index (κ1) is 14.7. The van der Waals surface area contributed by atoms with E-state index in [0.717, 1.165) is 60.2 Å². The molecule has 0 unspecified atom stereocenters. The predicted octanol–water partition coefficient (Wildman–Crippen LogP) is 3.43. The van der Waals surface area contributed by atoms with E-state index < -0.39 is 0 Å². The number of fused-ring (bicyclic) bond motifs is 1. The molecule has 0 radical (unpaired) electrons. The van der Waals surface area contributed by atoms with Gasteiger partial charge in [0.15, 0.2) is 0 Å². The number of benzene rings is 1. The highest BCUT2D eigenvalue weighted by atomic mass is 35.5. The minimum absolute atomic E-state index is 0.100. The van der Waals surface area contributed by atoms with Crippen LogP contribution in [-0.2, 0) is 6.42 Å². The lowest BCUT2D eigenvalue weighted by atomic mass is 9.83. The van der Waals surface area contributed by atoms with Crippen LogP contribution in [0, 0.1) is 11.3 Å². The van der Waals surface area contributed by atoms with Crippen molar-refractivity contribution in [2.45, 2.75) is 31.3 Å². The van der Waals surface area contributed by atoms with Crippen LogP contribution in [0.1, 0.15) is 29.8 Å². The van der Waals surface area contributed by atoms with Crippen molar-refractivity contribution in [3.8, 4) is 11.8 Å². The van der Waals surface area contributed by atoms with E-state index in [9.17, 15) is 0 Å². The number of rotatable bonds is 1. The van der Waals surface area contributed by atoms with Gasteiger partial charge in [0.2, 0.25) is 10.1 Å². The number of halogens is 1. The summed E-state index contributed by atoms with van der Waals surface area (Å²) in [5.41, 5.74) is 1.03. The second-order valence-electron chi connectivity index (χ2n) is 5.99. The normalized spacial score (nSPS) is 19.0. The number of hydrogen-bond acceptors (Lipinski definition) is 6. The van der Waals surface area contributed by atoms with Crippen molar-refractivity contribution in [2.24, 2.45) is 0 Å². The molecule has 0 saturated carbocycles. The molecule has 2 aliphatic heterocycles. The quantitative estimate of drug-likeness (QED) is 0.791. The fourth-order valence-corrected chi connectivity index (χ4v) is 4.31. The Hall–Kier alpha value is -1.84. The highest BCUT2D eigenvalue weighted by Gasteiger charge is 2.40. The summed E-state index contributed by atoms with van der Waals surface area (Å²) < 4.78 is 6.36. The monoisotopic (exact) mass is 346 g/mol. The van der Waals surface area contributed by atoms with E-state index in [1.54, 1.807) is 0 Å². The molecule has 4 rings (SSSR count). The van der Waals surface area contributed by atoms with Crippen molar-refractivity contribution in [1.29, 1.82) is 5.26 Å². The summed E-state index contributed by atoms with van der Waals surface area (Å²) in [6, 6.07) is 7.92. The molecule has 1 saturated heterocycles. The number of piperidine rings is 1. The number of nitrogens with zero attached hydrogens (tertiary/aromatic N) is 4. The van der Waals surface area contributed by atoms with Gasteiger partial charge in [-0.3, -0.25) is 0 Å². The van der Waals surface area contributed by atoms with E-state index in [1.807, 2.05) is 24.3 Å². The first-order chi connectivity index (χ1) is 11.2. The molecule has 0 N–H and O–H groups in total. The van der Waals surface area contributed by atoms with Crippen molar-refractivity contribution in [3.05, 3.63) is 33.8 Å². The van der Waals surface area contributed by atoms with Crippen molar-refractivity contribution < 1.29 is 4.74 Å². The van der Waals surface area contributed by atoms with Crippen molar-refractivity contribution in [2.75, 3.05) is 18.0 Å². The molecule has 2 aromatic rings. The van der Waals surface area contributed by atoms with Gasteiger partial charge in [0.25, 0.3) is 0 Å². The van der Waals surface area contributed by atoms with Gasteiger partial charge in [-0.25, -0.2) is 0 Å². The standard InChI is InChI=1S/C16H15ClN4OS/c17-12-2-1-3-13-11(12)4-5-16(22-13)6-8-21(9-7-16)15-20-19-14(10-18)23-15/h1-3H,4-9H2. The van der Waals surface area contributed by atoms with Gasteiger partial charge in [0, 0.05) is 36.5 Å². The molecule has 1 fully saturated rings. The third-order valence-electron chi connectivity index (χ3n) is 4.69. The predicted molar refractivity (Wildman–Crippen MR) is 89.2 cm³/mol. The van der Waals surface area contributed by atoms with Gasteiger partial charge >= 0.3 is 0 Å². The van der Waals surface area contributed by atoms with Gasteiger partial charge in [-0.1, -0.05) is 29.0 Å². The molecule has 0 bridgehead atoms. The number of nitriles is 1. The summed E-state index contributed by atoms with van der Waals surface area (Å²) in [6.45, 7) is 1.74. The Morgan fingerprint density at radius 3 is 2.83 bits per heavy atom. The van der Waals surface area contributed by atoms with Crippen molar-refractivity contribution in [1.82, 2.24) is 10.2 Å². The van der Waals surface area contributed by atoms with E-state index in [0.29, 0.717) is 5.01 Å². The number of aromatic nitrogens is 2. The molecular formula is C16H15ClN4OS. The summed E-state index contributed by atoms with van der Waals surface area (Å²) in [4.78, 5) is 2.20. The molecule has 0 aliphatic carbocycles. The summed E-state index contributed by atoms with van der Waals surface area (Å²) in [5.74, 6) is 0.930. The lowest BCUT2D eigenvalue weighted by molar-refractivity contribution is 0.0226. The Balaban J connectivity index is 1.48. The summed E-state index contributed by atoms with van der Waals surface area (Å²) in [7, 11) is 0. The molecule has 0 atom stereocenters. The van der Waals surface area contributed by atoms with Crippen LogP contribution in [0.3, 0.4) is 0 Å². The third-order valence-corrected chi connectivity index (χ3v) is 5.93. The number of hydrogen-bond donors (Lipinski definition) is 0. The van der Waals surface area contributed by atoms with Crippen LogP contribution in [0.5, 0.6) is 5.75 Å². The fourth-order valence-electron chi connectivity index (χ4n) is 3.36. The second-order valence-corrected chi connectivity index (χ2v) is 7.35. The highest BCUT2D eigenvalue weighted by Crippen LogP contribution is 2.42.